The van der Waals surface area contributed by atoms with Gasteiger partial charge in [-0.1, -0.05) is 11.3 Å². The van der Waals surface area contributed by atoms with E-state index in [9.17, 15) is 9.18 Å². The van der Waals surface area contributed by atoms with Crippen LogP contribution in [0, 0.1) is 5.82 Å². The maximum Gasteiger partial charge on any atom is 0.259 e. The van der Waals surface area contributed by atoms with E-state index < -0.39 is 11.7 Å². The van der Waals surface area contributed by atoms with E-state index in [-0.39, 0.29) is 5.56 Å². The molecule has 118 valence electrons. The van der Waals surface area contributed by atoms with Crippen molar-refractivity contribution < 1.29 is 13.6 Å². The average Bonchev–Trinajstić information content (AvgIpc) is 3.26. The summed E-state index contributed by atoms with van der Waals surface area (Å²) in [6.07, 6.45) is 1.43. The first-order chi connectivity index (χ1) is 11.7. The van der Waals surface area contributed by atoms with Crippen LogP contribution >= 0.6 is 11.3 Å². The van der Waals surface area contributed by atoms with Crippen LogP contribution in [0.2, 0.25) is 0 Å². The Morgan fingerprint density at radius 1 is 1.12 bits per heavy atom. The molecule has 0 spiro atoms. The van der Waals surface area contributed by atoms with Crippen molar-refractivity contribution >= 4 is 33.9 Å². The van der Waals surface area contributed by atoms with Crippen LogP contribution in [0.5, 0.6) is 0 Å². The second-order valence-corrected chi connectivity index (χ2v) is 5.86. The minimum atomic E-state index is -0.591. The molecule has 0 fully saturated rings. The molecule has 24 heavy (non-hydrogen) atoms. The summed E-state index contributed by atoms with van der Waals surface area (Å²) in [5.74, 6) is -1.12. The summed E-state index contributed by atoms with van der Waals surface area (Å²) >= 11 is 1.43. The Morgan fingerprint density at radius 3 is 2.71 bits per heavy atom. The van der Waals surface area contributed by atoms with Crippen LogP contribution in [0.15, 0.2) is 58.7 Å². The van der Waals surface area contributed by atoms with Crippen molar-refractivity contribution in [1.29, 1.82) is 0 Å². The normalized spacial score (nSPS) is 10.9. The fourth-order valence-corrected chi connectivity index (χ4v) is 3.00. The van der Waals surface area contributed by atoms with Gasteiger partial charge in [0, 0.05) is 16.6 Å². The molecule has 0 saturated heterocycles. The van der Waals surface area contributed by atoms with Gasteiger partial charge in [-0.2, -0.15) is 0 Å². The topological polar surface area (TPSA) is 68.0 Å². The molecule has 1 amide bonds. The highest BCUT2D eigenvalue weighted by Gasteiger charge is 2.17. The average molecular weight is 339 g/mol. The van der Waals surface area contributed by atoms with Gasteiger partial charge in [-0.3, -0.25) is 4.79 Å². The van der Waals surface area contributed by atoms with Crippen LogP contribution in [0.25, 0.3) is 21.5 Å². The molecule has 0 aliphatic heterocycles. The van der Waals surface area contributed by atoms with Crippen LogP contribution in [-0.2, 0) is 0 Å². The van der Waals surface area contributed by atoms with Gasteiger partial charge in [0.1, 0.15) is 21.9 Å². The Labute approximate surface area is 139 Å². The third-order valence-corrected chi connectivity index (χ3v) is 4.30. The Morgan fingerprint density at radius 2 is 1.96 bits per heavy atom. The number of nitrogens with zero attached hydrogens (tertiary/aromatic N) is 2. The van der Waals surface area contributed by atoms with Crippen LogP contribution in [0.1, 0.15) is 10.4 Å². The molecule has 2 heterocycles. The predicted octanol–water partition coefficient (Wildman–Crippen LogP) is 4.34. The Hall–Kier alpha value is -3.06. The molecule has 0 aliphatic rings. The van der Waals surface area contributed by atoms with Crippen molar-refractivity contribution in [2.24, 2.45) is 0 Å². The zero-order chi connectivity index (χ0) is 16.5. The first-order valence-electron chi connectivity index (χ1n) is 7.06. The zero-order valence-electron chi connectivity index (χ0n) is 12.2. The molecule has 1 N–H and O–H groups in total. The molecule has 0 atom stereocenters. The molecule has 4 rings (SSSR count). The summed E-state index contributed by atoms with van der Waals surface area (Å²) in [5.41, 5.74) is 3.55. The fraction of sp³-hybridized carbons (Fsp3) is 0. The summed E-state index contributed by atoms with van der Waals surface area (Å²) in [4.78, 5) is 12.4. The van der Waals surface area contributed by atoms with Crippen molar-refractivity contribution in [3.63, 3.8) is 0 Å². The van der Waals surface area contributed by atoms with Crippen LogP contribution < -0.4 is 5.32 Å². The van der Waals surface area contributed by atoms with Gasteiger partial charge >= 0.3 is 0 Å². The minimum Gasteiger partial charge on any atom is -0.464 e. The number of rotatable bonds is 3. The summed E-state index contributed by atoms with van der Waals surface area (Å²) in [6, 6.07) is 11.4. The first kappa shape index (κ1) is 14.5. The molecule has 0 aliphatic carbocycles. The van der Waals surface area contributed by atoms with E-state index in [1.165, 1.54) is 29.7 Å². The highest BCUT2D eigenvalue weighted by molar-refractivity contribution is 7.12. The second kappa shape index (κ2) is 5.86. The molecular weight excluding hydrogens is 329 g/mol. The number of carbonyl (C=O) groups is 1. The Kier molecular flexibility index (Phi) is 3.55. The Bertz CT molecular complexity index is 1010. The third kappa shape index (κ3) is 2.55. The maximum absolute atomic E-state index is 14.1. The van der Waals surface area contributed by atoms with Gasteiger partial charge in [0.2, 0.25) is 0 Å². The van der Waals surface area contributed by atoms with Crippen molar-refractivity contribution in [2.75, 3.05) is 5.32 Å². The predicted molar refractivity (Wildman–Crippen MR) is 89.5 cm³/mol. The molecule has 0 unspecified atom stereocenters. The number of anilines is 1. The molecular formula is C17H10FN3O2S. The van der Waals surface area contributed by atoms with Crippen molar-refractivity contribution in [2.45, 2.75) is 0 Å². The SMILES string of the molecule is O=C(Nc1ccc(-c2nncs2)cc1)c1c(F)ccc2occc12. The summed E-state index contributed by atoms with van der Waals surface area (Å²) in [7, 11) is 0. The number of nitrogens with one attached hydrogen (secondary N) is 1. The number of benzene rings is 2. The van der Waals surface area contributed by atoms with Crippen molar-refractivity contribution in [3.05, 3.63) is 65.6 Å². The van der Waals surface area contributed by atoms with E-state index in [0.717, 1.165) is 10.6 Å². The molecule has 5 nitrogen and oxygen atoms in total. The number of aromatic nitrogens is 2. The maximum atomic E-state index is 14.1. The van der Waals surface area contributed by atoms with Gasteiger partial charge in [0.05, 0.1) is 11.8 Å². The number of amides is 1. The highest BCUT2D eigenvalue weighted by atomic mass is 32.1. The number of carbonyl (C=O) groups excluding carboxylic acids is 1. The second-order valence-electron chi connectivity index (χ2n) is 5.03. The van der Waals surface area contributed by atoms with E-state index >= 15 is 0 Å². The van der Waals surface area contributed by atoms with Gasteiger partial charge in [-0.15, -0.1) is 10.2 Å². The summed E-state index contributed by atoms with van der Waals surface area (Å²) in [6.45, 7) is 0. The molecule has 0 saturated carbocycles. The standard InChI is InChI=1S/C17H10FN3O2S/c18-13-5-6-14-12(7-8-23-14)15(13)16(22)20-11-3-1-10(2-4-11)17-21-19-9-24-17/h1-9H,(H,20,22). The number of furan rings is 1. The largest absolute Gasteiger partial charge is 0.464 e. The van der Waals surface area contributed by atoms with Crippen LogP contribution in [-0.4, -0.2) is 16.1 Å². The van der Waals surface area contributed by atoms with Crippen molar-refractivity contribution in [3.8, 4) is 10.6 Å². The fourth-order valence-electron chi connectivity index (χ4n) is 2.44. The van der Waals surface area contributed by atoms with Gasteiger partial charge in [0.15, 0.2) is 0 Å². The number of hydrogen-bond acceptors (Lipinski definition) is 5. The Balaban J connectivity index is 1.62. The van der Waals surface area contributed by atoms with Crippen molar-refractivity contribution in [1.82, 2.24) is 10.2 Å². The molecule has 7 heteroatoms. The molecule has 0 radical (unpaired) electrons. The number of hydrogen-bond donors (Lipinski definition) is 1. The lowest BCUT2D eigenvalue weighted by atomic mass is 10.1. The van der Waals surface area contributed by atoms with E-state index in [2.05, 4.69) is 15.5 Å². The monoisotopic (exact) mass is 339 g/mol. The van der Waals surface area contributed by atoms with Gasteiger partial charge in [-0.25, -0.2) is 4.39 Å². The number of fused-ring (bicyclic) bond motifs is 1. The van der Waals surface area contributed by atoms with Gasteiger partial charge in [0.25, 0.3) is 5.91 Å². The zero-order valence-corrected chi connectivity index (χ0v) is 13.0. The van der Waals surface area contributed by atoms with E-state index in [1.807, 2.05) is 12.1 Å². The van der Waals surface area contributed by atoms with E-state index in [0.29, 0.717) is 16.7 Å². The lowest BCUT2D eigenvalue weighted by molar-refractivity contribution is 0.102. The first-order valence-corrected chi connectivity index (χ1v) is 7.94. The quantitative estimate of drug-likeness (QED) is 0.603. The van der Waals surface area contributed by atoms with E-state index in [4.69, 9.17) is 4.42 Å². The highest BCUT2D eigenvalue weighted by Crippen LogP contribution is 2.25. The molecule has 2 aromatic carbocycles. The third-order valence-electron chi connectivity index (χ3n) is 3.56. The lowest BCUT2D eigenvalue weighted by Crippen LogP contribution is -2.14. The van der Waals surface area contributed by atoms with Crippen LogP contribution in [0.4, 0.5) is 10.1 Å². The molecule has 4 aromatic rings. The van der Waals surface area contributed by atoms with Gasteiger partial charge in [-0.05, 0) is 42.5 Å². The van der Waals surface area contributed by atoms with Gasteiger partial charge < -0.3 is 9.73 Å². The molecule has 2 aromatic heterocycles. The lowest BCUT2D eigenvalue weighted by Gasteiger charge is -2.07. The summed E-state index contributed by atoms with van der Waals surface area (Å²) < 4.78 is 19.3. The minimum absolute atomic E-state index is 0.0329. The van der Waals surface area contributed by atoms with Crippen LogP contribution in [0.3, 0.4) is 0 Å². The summed E-state index contributed by atoms with van der Waals surface area (Å²) in [5, 5.41) is 11.7. The van der Waals surface area contributed by atoms with E-state index in [1.54, 1.807) is 23.7 Å². The number of halogens is 1. The smallest absolute Gasteiger partial charge is 0.259 e. The molecule has 0 bridgehead atoms.